The minimum Gasteiger partial charge on any atom is -0.307 e. The molecule has 3 nitrogen and oxygen atoms in total. The molecule has 0 aliphatic carbocycles. The Hall–Kier alpha value is -0.350. The van der Waals surface area contributed by atoms with Crippen molar-refractivity contribution in [2.45, 2.75) is 56.9 Å². The van der Waals surface area contributed by atoms with Crippen molar-refractivity contribution in [2.75, 3.05) is 0 Å². The Bertz CT molecular complexity index is 339. The van der Waals surface area contributed by atoms with Gasteiger partial charge in [-0.15, -0.1) is 0 Å². The molecule has 0 spiro atoms. The normalized spacial score (nSPS) is 26.1. The molecule has 1 rings (SSSR count). The first-order valence-electron chi connectivity index (χ1n) is 5.24. The predicted octanol–water partition coefficient (Wildman–Crippen LogP) is 1.85. The van der Waals surface area contributed by atoms with Gasteiger partial charge in [-0.05, 0) is 40.5 Å². The maximum absolute atomic E-state index is 11.8. The van der Waals surface area contributed by atoms with Crippen LogP contribution in [-0.2, 0) is 9.84 Å². The molecule has 0 radical (unpaired) electrons. The van der Waals surface area contributed by atoms with Crippen LogP contribution >= 0.6 is 0 Å². The Morgan fingerprint density at radius 1 is 1.20 bits per heavy atom. The minimum atomic E-state index is -3.14. The maximum Gasteiger partial charge on any atom is 0.174 e. The van der Waals surface area contributed by atoms with Gasteiger partial charge in [-0.25, -0.2) is 8.42 Å². The second-order valence-corrected chi connectivity index (χ2v) is 7.86. The van der Waals surface area contributed by atoms with Gasteiger partial charge in [0.1, 0.15) is 0 Å². The molecule has 0 atom stereocenters. The highest BCUT2D eigenvalue weighted by Crippen LogP contribution is 2.32. The van der Waals surface area contributed by atoms with Crippen LogP contribution in [0, 0.1) is 0 Å². The van der Waals surface area contributed by atoms with Crippen molar-refractivity contribution >= 4 is 9.84 Å². The van der Waals surface area contributed by atoms with E-state index >= 15 is 0 Å². The van der Waals surface area contributed by atoms with Gasteiger partial charge in [0.05, 0.1) is 5.25 Å². The molecule has 1 saturated heterocycles. The summed E-state index contributed by atoms with van der Waals surface area (Å²) < 4.78 is 23.6. The zero-order valence-electron chi connectivity index (χ0n) is 10.0. The third kappa shape index (κ3) is 3.05. The molecule has 0 aromatic carbocycles. The fraction of sp³-hybridized carbons (Fsp3) is 0.818. The minimum absolute atomic E-state index is 0.136. The average molecular weight is 231 g/mol. The lowest BCUT2D eigenvalue weighted by Crippen LogP contribution is -2.60. The van der Waals surface area contributed by atoms with Crippen LogP contribution in [0.2, 0.25) is 0 Å². The van der Waals surface area contributed by atoms with E-state index in [2.05, 4.69) is 11.9 Å². The predicted molar refractivity (Wildman–Crippen MR) is 63.4 cm³/mol. The molecule has 0 unspecified atom stereocenters. The standard InChI is InChI=1S/C11H21NO2S/c1-6-15(13,14)9-7-10(2,3)12-11(4,5)8-9/h6,9,12H,1,7-8H2,2-5H3. The molecular formula is C11H21NO2S. The van der Waals surface area contributed by atoms with E-state index in [9.17, 15) is 8.42 Å². The Morgan fingerprint density at radius 3 is 1.93 bits per heavy atom. The summed E-state index contributed by atoms with van der Waals surface area (Å²) in [6.45, 7) is 11.6. The molecule has 1 fully saturated rings. The quantitative estimate of drug-likeness (QED) is 0.789. The van der Waals surface area contributed by atoms with E-state index in [4.69, 9.17) is 0 Å². The molecule has 0 aromatic rings. The molecular weight excluding hydrogens is 210 g/mol. The van der Waals surface area contributed by atoms with Crippen LogP contribution in [-0.4, -0.2) is 24.7 Å². The lowest BCUT2D eigenvalue weighted by molar-refractivity contribution is 0.185. The van der Waals surface area contributed by atoms with Gasteiger partial charge < -0.3 is 5.32 Å². The van der Waals surface area contributed by atoms with Crippen LogP contribution in [0.3, 0.4) is 0 Å². The number of hydrogen-bond donors (Lipinski definition) is 1. The highest BCUT2D eigenvalue weighted by molar-refractivity contribution is 7.94. The summed E-state index contributed by atoms with van der Waals surface area (Å²) in [6, 6.07) is 0. The molecule has 1 aliphatic rings. The third-order valence-electron chi connectivity index (χ3n) is 2.85. The number of hydrogen-bond acceptors (Lipinski definition) is 3. The first kappa shape index (κ1) is 12.7. The summed E-state index contributed by atoms with van der Waals surface area (Å²) in [6.07, 6.45) is 1.29. The van der Waals surface area contributed by atoms with Crippen molar-refractivity contribution in [3.8, 4) is 0 Å². The summed E-state index contributed by atoms with van der Waals surface area (Å²) >= 11 is 0. The Balaban J connectivity index is 2.99. The monoisotopic (exact) mass is 231 g/mol. The number of sulfone groups is 1. The number of nitrogens with one attached hydrogen (secondary N) is 1. The van der Waals surface area contributed by atoms with Crippen LogP contribution in [0.5, 0.6) is 0 Å². The summed E-state index contributed by atoms with van der Waals surface area (Å²) in [7, 11) is -3.14. The fourth-order valence-corrected chi connectivity index (χ4v) is 4.17. The molecule has 1 aliphatic heterocycles. The molecule has 4 heteroatoms. The van der Waals surface area contributed by atoms with E-state index in [0.717, 1.165) is 5.41 Å². The zero-order chi connectivity index (χ0) is 11.9. The van der Waals surface area contributed by atoms with E-state index in [1.807, 2.05) is 27.7 Å². The zero-order valence-corrected chi connectivity index (χ0v) is 10.8. The second kappa shape index (κ2) is 3.59. The summed E-state index contributed by atoms with van der Waals surface area (Å²) in [5.41, 5.74) is -0.273. The van der Waals surface area contributed by atoms with E-state index in [0.29, 0.717) is 12.8 Å². The molecule has 1 heterocycles. The topological polar surface area (TPSA) is 46.2 Å². The largest absolute Gasteiger partial charge is 0.307 e. The fourth-order valence-electron chi connectivity index (χ4n) is 2.60. The lowest BCUT2D eigenvalue weighted by Gasteiger charge is -2.45. The third-order valence-corrected chi connectivity index (χ3v) is 4.58. The van der Waals surface area contributed by atoms with Crippen LogP contribution in [0.1, 0.15) is 40.5 Å². The van der Waals surface area contributed by atoms with E-state index < -0.39 is 9.84 Å². The second-order valence-electron chi connectivity index (χ2n) is 5.68. The van der Waals surface area contributed by atoms with Gasteiger partial charge in [0.15, 0.2) is 9.84 Å². The van der Waals surface area contributed by atoms with Gasteiger partial charge in [-0.1, -0.05) is 6.58 Å². The average Bonchev–Trinajstić information content (AvgIpc) is 1.98. The molecule has 1 N–H and O–H groups in total. The number of rotatable bonds is 2. The van der Waals surface area contributed by atoms with Crippen molar-refractivity contribution in [1.82, 2.24) is 5.32 Å². The molecule has 15 heavy (non-hydrogen) atoms. The number of piperidine rings is 1. The van der Waals surface area contributed by atoms with Gasteiger partial charge in [-0.3, -0.25) is 0 Å². The van der Waals surface area contributed by atoms with Gasteiger partial charge in [0.2, 0.25) is 0 Å². The smallest absolute Gasteiger partial charge is 0.174 e. The molecule has 0 amide bonds. The molecule has 0 saturated carbocycles. The Kier molecular flexibility index (Phi) is 3.05. The SMILES string of the molecule is C=CS(=O)(=O)C1CC(C)(C)NC(C)(C)C1. The van der Waals surface area contributed by atoms with Crippen molar-refractivity contribution in [3.05, 3.63) is 12.0 Å². The van der Waals surface area contributed by atoms with E-state index in [-0.39, 0.29) is 16.3 Å². The summed E-state index contributed by atoms with van der Waals surface area (Å²) in [4.78, 5) is 0. The van der Waals surface area contributed by atoms with Crippen LogP contribution in [0.4, 0.5) is 0 Å². The highest BCUT2D eigenvalue weighted by Gasteiger charge is 2.41. The van der Waals surface area contributed by atoms with Crippen molar-refractivity contribution in [1.29, 1.82) is 0 Å². The summed E-state index contributed by atoms with van der Waals surface area (Å²) in [5, 5.41) is 4.25. The van der Waals surface area contributed by atoms with Gasteiger partial charge in [0, 0.05) is 16.5 Å². The molecule has 0 aromatic heterocycles. The van der Waals surface area contributed by atoms with E-state index in [1.165, 1.54) is 0 Å². The van der Waals surface area contributed by atoms with E-state index in [1.54, 1.807) is 0 Å². The lowest BCUT2D eigenvalue weighted by atomic mass is 9.82. The highest BCUT2D eigenvalue weighted by atomic mass is 32.2. The summed E-state index contributed by atoms with van der Waals surface area (Å²) in [5.74, 6) is 0. The Morgan fingerprint density at radius 2 is 1.60 bits per heavy atom. The maximum atomic E-state index is 11.8. The van der Waals surface area contributed by atoms with Crippen LogP contribution in [0.15, 0.2) is 12.0 Å². The van der Waals surface area contributed by atoms with Crippen LogP contribution in [0.25, 0.3) is 0 Å². The van der Waals surface area contributed by atoms with Gasteiger partial charge in [0.25, 0.3) is 0 Å². The molecule has 88 valence electrons. The van der Waals surface area contributed by atoms with Crippen molar-refractivity contribution in [3.63, 3.8) is 0 Å². The molecule has 0 bridgehead atoms. The van der Waals surface area contributed by atoms with Crippen molar-refractivity contribution < 1.29 is 8.42 Å². The Labute approximate surface area is 92.9 Å². The first-order chi connectivity index (χ1) is 6.58. The first-order valence-corrected chi connectivity index (χ1v) is 6.85. The van der Waals surface area contributed by atoms with Crippen LogP contribution < -0.4 is 5.32 Å². The van der Waals surface area contributed by atoms with Gasteiger partial charge >= 0.3 is 0 Å². The van der Waals surface area contributed by atoms with Crippen molar-refractivity contribution in [2.24, 2.45) is 0 Å². The van der Waals surface area contributed by atoms with Gasteiger partial charge in [-0.2, -0.15) is 0 Å².